The highest BCUT2D eigenvalue weighted by molar-refractivity contribution is 7.11. The molecule has 1 unspecified atom stereocenters. The van der Waals surface area contributed by atoms with Gasteiger partial charge in [-0.1, -0.05) is 36.9 Å². The number of H-pyrrole nitrogens is 1. The van der Waals surface area contributed by atoms with Gasteiger partial charge in [-0.15, -0.1) is 11.3 Å². The highest BCUT2D eigenvalue weighted by Gasteiger charge is 2.37. The number of hydrogen-bond acceptors (Lipinski definition) is 3. The fourth-order valence-electron chi connectivity index (χ4n) is 4.12. The second-order valence-corrected chi connectivity index (χ2v) is 8.33. The Labute approximate surface area is 158 Å². The average Bonchev–Trinajstić information content (AvgIpc) is 3.20. The van der Waals surface area contributed by atoms with E-state index < -0.39 is 0 Å². The summed E-state index contributed by atoms with van der Waals surface area (Å²) in [6.45, 7) is 4.53. The van der Waals surface area contributed by atoms with Gasteiger partial charge >= 0.3 is 0 Å². The van der Waals surface area contributed by atoms with Crippen LogP contribution in [0.4, 0.5) is 0 Å². The molecule has 1 aromatic carbocycles. The van der Waals surface area contributed by atoms with Gasteiger partial charge in [0.05, 0.1) is 11.1 Å². The van der Waals surface area contributed by atoms with Gasteiger partial charge in [0.2, 0.25) is 0 Å². The number of nitrogens with one attached hydrogen (secondary N) is 1. The number of rotatable bonds is 5. The number of hydrogen-bond donors (Lipinski definition) is 1. The van der Waals surface area contributed by atoms with E-state index in [1.807, 2.05) is 17.5 Å². The molecule has 1 atom stereocenters. The predicted molar refractivity (Wildman–Crippen MR) is 108 cm³/mol. The zero-order valence-corrected chi connectivity index (χ0v) is 15.6. The van der Waals surface area contributed by atoms with Crippen molar-refractivity contribution in [3.8, 4) is 11.1 Å². The lowest BCUT2D eigenvalue weighted by molar-refractivity contribution is 0.260. The van der Waals surface area contributed by atoms with Crippen LogP contribution in [0.3, 0.4) is 0 Å². The molecule has 4 heteroatoms. The molecule has 5 rings (SSSR count). The third kappa shape index (κ3) is 2.88. The predicted octanol–water partition coefficient (Wildman–Crippen LogP) is 5.13. The van der Waals surface area contributed by atoms with Gasteiger partial charge < -0.3 is 4.90 Å². The molecule has 2 heterocycles. The molecule has 0 aliphatic heterocycles. The molecule has 1 fully saturated rings. The Morgan fingerprint density at radius 3 is 2.77 bits per heavy atom. The molecule has 132 valence electrons. The van der Waals surface area contributed by atoms with Crippen LogP contribution >= 0.6 is 11.3 Å². The number of aryl methyl sites for hydroxylation is 1. The van der Waals surface area contributed by atoms with E-state index in [2.05, 4.69) is 63.5 Å². The Hall–Kier alpha value is -2.33. The molecular formula is C22H23N3S. The third-order valence-electron chi connectivity index (χ3n) is 5.63. The van der Waals surface area contributed by atoms with E-state index in [1.54, 1.807) is 0 Å². The lowest BCUT2D eigenvalue weighted by Crippen LogP contribution is -2.39. The fraction of sp³-hybridized carbons (Fsp3) is 0.318. The molecule has 0 bridgehead atoms. The molecule has 0 amide bonds. The summed E-state index contributed by atoms with van der Waals surface area (Å²) >= 11 is 1.82. The molecule has 2 aromatic heterocycles. The summed E-state index contributed by atoms with van der Waals surface area (Å²) in [5, 5.41) is 9.65. The summed E-state index contributed by atoms with van der Waals surface area (Å²) in [6.07, 6.45) is 7.96. The Morgan fingerprint density at radius 2 is 1.96 bits per heavy atom. The van der Waals surface area contributed by atoms with Crippen molar-refractivity contribution < 1.29 is 0 Å². The summed E-state index contributed by atoms with van der Waals surface area (Å²) in [6, 6.07) is 14.1. The monoisotopic (exact) mass is 361 g/mol. The van der Waals surface area contributed by atoms with Crippen LogP contribution in [0.25, 0.3) is 16.8 Å². The van der Waals surface area contributed by atoms with Gasteiger partial charge in [-0.25, -0.2) is 0 Å². The number of fused-ring (bicyclic) bond motifs is 1. The molecule has 3 nitrogen and oxygen atoms in total. The van der Waals surface area contributed by atoms with Crippen LogP contribution in [-0.2, 0) is 12.8 Å². The van der Waals surface area contributed by atoms with Crippen molar-refractivity contribution in [3.05, 3.63) is 70.7 Å². The molecular weight excluding hydrogens is 338 g/mol. The first kappa shape index (κ1) is 15.9. The molecule has 0 radical (unpaired) electrons. The molecule has 2 aliphatic rings. The van der Waals surface area contributed by atoms with Crippen molar-refractivity contribution in [1.29, 1.82) is 0 Å². The summed E-state index contributed by atoms with van der Waals surface area (Å²) in [7, 11) is 0. The zero-order chi connectivity index (χ0) is 17.5. The van der Waals surface area contributed by atoms with Crippen LogP contribution in [0, 0.1) is 0 Å². The molecule has 0 spiro atoms. The van der Waals surface area contributed by atoms with E-state index in [-0.39, 0.29) is 0 Å². The summed E-state index contributed by atoms with van der Waals surface area (Å²) in [4.78, 5) is 3.92. The zero-order valence-electron chi connectivity index (χ0n) is 14.8. The van der Waals surface area contributed by atoms with E-state index in [9.17, 15) is 0 Å². The molecule has 26 heavy (non-hydrogen) atoms. The highest BCUT2D eigenvalue weighted by Crippen LogP contribution is 2.40. The van der Waals surface area contributed by atoms with E-state index in [0.717, 1.165) is 12.8 Å². The second-order valence-electron chi connectivity index (χ2n) is 7.42. The van der Waals surface area contributed by atoms with Crippen molar-refractivity contribution in [2.75, 3.05) is 0 Å². The van der Waals surface area contributed by atoms with E-state index in [4.69, 9.17) is 0 Å². The molecule has 3 aromatic rings. The van der Waals surface area contributed by atoms with Crippen LogP contribution in [0.2, 0.25) is 0 Å². The number of nitrogens with zero attached hydrogens (tertiary/aromatic N) is 2. The van der Waals surface area contributed by atoms with Gasteiger partial charge in [0.1, 0.15) is 0 Å². The molecule has 2 aliphatic carbocycles. The van der Waals surface area contributed by atoms with Crippen molar-refractivity contribution in [2.45, 2.75) is 44.2 Å². The number of thiophene rings is 1. The first-order valence-corrected chi connectivity index (χ1v) is 10.3. The standard InChI is InChI=1S/C22H23N3S/c1-15(22-12-18(14-26-22)16-5-3-2-4-6-16)25(19-7-8-19)20-9-10-21-17(11-20)13-23-24-21/h2-6,12-14,19-20H,1,7-11H2,(H,23,24). The van der Waals surface area contributed by atoms with Gasteiger partial charge in [0.15, 0.2) is 0 Å². The van der Waals surface area contributed by atoms with Gasteiger partial charge in [-0.05, 0) is 60.2 Å². The normalized spacial score (nSPS) is 19.2. The second kappa shape index (κ2) is 6.44. The van der Waals surface area contributed by atoms with Gasteiger partial charge in [-0.2, -0.15) is 5.10 Å². The molecule has 1 N–H and O–H groups in total. The van der Waals surface area contributed by atoms with Gasteiger partial charge in [-0.3, -0.25) is 5.10 Å². The van der Waals surface area contributed by atoms with Crippen molar-refractivity contribution in [3.63, 3.8) is 0 Å². The lowest BCUT2D eigenvalue weighted by Gasteiger charge is -2.37. The maximum absolute atomic E-state index is 4.53. The lowest BCUT2D eigenvalue weighted by atomic mass is 9.92. The summed E-state index contributed by atoms with van der Waals surface area (Å²) < 4.78 is 0. The minimum atomic E-state index is 0.544. The largest absolute Gasteiger partial charge is 0.365 e. The molecule has 0 saturated heterocycles. The summed E-state index contributed by atoms with van der Waals surface area (Å²) in [5.74, 6) is 0. The van der Waals surface area contributed by atoms with Crippen LogP contribution in [0.15, 0.2) is 54.6 Å². The third-order valence-corrected chi connectivity index (χ3v) is 6.61. The first-order chi connectivity index (χ1) is 12.8. The smallest absolute Gasteiger partial charge is 0.0522 e. The minimum Gasteiger partial charge on any atom is -0.365 e. The quantitative estimate of drug-likeness (QED) is 0.683. The van der Waals surface area contributed by atoms with Crippen molar-refractivity contribution in [2.24, 2.45) is 0 Å². The maximum Gasteiger partial charge on any atom is 0.0522 e. The topological polar surface area (TPSA) is 31.9 Å². The van der Waals surface area contributed by atoms with Crippen molar-refractivity contribution >= 4 is 17.0 Å². The maximum atomic E-state index is 4.53. The SMILES string of the molecule is C=C(c1cc(-c2ccccc2)cs1)N(C1CC1)C1CCc2[nH]ncc2C1. The Kier molecular flexibility index (Phi) is 3.93. The highest BCUT2D eigenvalue weighted by atomic mass is 32.1. The summed E-state index contributed by atoms with van der Waals surface area (Å²) in [5.41, 5.74) is 6.49. The van der Waals surface area contributed by atoms with Crippen molar-refractivity contribution in [1.82, 2.24) is 15.1 Å². The number of benzene rings is 1. The van der Waals surface area contributed by atoms with Crippen LogP contribution < -0.4 is 0 Å². The Bertz CT molecular complexity index is 920. The molecule has 1 saturated carbocycles. The first-order valence-electron chi connectivity index (χ1n) is 9.42. The van der Waals surface area contributed by atoms with E-state index in [1.165, 1.54) is 52.2 Å². The van der Waals surface area contributed by atoms with Crippen LogP contribution in [0.5, 0.6) is 0 Å². The van der Waals surface area contributed by atoms with E-state index in [0.29, 0.717) is 12.1 Å². The number of aromatic nitrogens is 2. The average molecular weight is 362 g/mol. The Balaban J connectivity index is 1.40. The Morgan fingerprint density at radius 1 is 1.12 bits per heavy atom. The number of aromatic amines is 1. The van der Waals surface area contributed by atoms with Gasteiger partial charge in [0, 0.05) is 23.5 Å². The van der Waals surface area contributed by atoms with Crippen LogP contribution in [0.1, 0.15) is 35.4 Å². The minimum absolute atomic E-state index is 0.544. The van der Waals surface area contributed by atoms with E-state index >= 15 is 0 Å². The van der Waals surface area contributed by atoms with Gasteiger partial charge in [0.25, 0.3) is 0 Å². The van der Waals surface area contributed by atoms with Crippen LogP contribution in [-0.4, -0.2) is 27.2 Å². The fourth-order valence-corrected chi connectivity index (χ4v) is 5.02.